The summed E-state index contributed by atoms with van der Waals surface area (Å²) in [5.74, 6) is -1.49. The molecule has 0 aromatic heterocycles. The molecule has 1 unspecified atom stereocenters. The molecule has 1 atom stereocenters. The lowest BCUT2D eigenvalue weighted by atomic mass is 10.1. The average molecular weight is 271 g/mol. The van der Waals surface area contributed by atoms with Crippen molar-refractivity contribution in [2.45, 2.75) is 13.0 Å². The minimum atomic E-state index is -1.22. The van der Waals surface area contributed by atoms with Crippen LogP contribution in [0, 0.1) is 11.6 Å². The third-order valence-electron chi connectivity index (χ3n) is 2.44. The first-order valence-electron chi connectivity index (χ1n) is 6.07. The van der Waals surface area contributed by atoms with Crippen LogP contribution < -0.4 is 5.32 Å². The molecule has 0 saturated heterocycles. The molecular weight excluding hydrogens is 252 g/mol. The van der Waals surface area contributed by atoms with E-state index in [-0.39, 0.29) is 12.1 Å². The molecule has 0 aliphatic rings. The number of ether oxygens (including phenoxy) is 1. The zero-order chi connectivity index (χ0) is 14.3. The molecule has 3 nitrogen and oxygen atoms in total. The van der Waals surface area contributed by atoms with Gasteiger partial charge >= 0.3 is 0 Å². The van der Waals surface area contributed by atoms with Crippen molar-refractivity contribution in [1.82, 2.24) is 5.32 Å². The van der Waals surface area contributed by atoms with Gasteiger partial charge in [-0.05, 0) is 19.1 Å². The molecule has 0 saturated carbocycles. The lowest BCUT2D eigenvalue weighted by Crippen LogP contribution is -2.26. The molecule has 0 heterocycles. The van der Waals surface area contributed by atoms with Gasteiger partial charge in [0, 0.05) is 13.1 Å². The van der Waals surface area contributed by atoms with Gasteiger partial charge in [-0.15, -0.1) is 0 Å². The van der Waals surface area contributed by atoms with Crippen molar-refractivity contribution in [2.24, 2.45) is 0 Å². The summed E-state index contributed by atoms with van der Waals surface area (Å²) in [6.45, 7) is 7.02. The number of aliphatic hydroxyl groups excluding tert-OH is 1. The summed E-state index contributed by atoms with van der Waals surface area (Å²) in [5.41, 5.74) is 0.617. The second kappa shape index (κ2) is 7.99. The summed E-state index contributed by atoms with van der Waals surface area (Å²) in [6, 6.07) is 3.51. The van der Waals surface area contributed by atoms with Gasteiger partial charge < -0.3 is 15.2 Å². The van der Waals surface area contributed by atoms with Crippen LogP contribution in [-0.4, -0.2) is 31.4 Å². The van der Waals surface area contributed by atoms with Crippen LogP contribution in [0.25, 0.3) is 0 Å². The van der Waals surface area contributed by atoms with Gasteiger partial charge in [0.15, 0.2) is 0 Å². The normalized spacial score (nSPS) is 12.4. The number of nitrogens with one attached hydrogen (secondary N) is 1. The van der Waals surface area contributed by atoms with E-state index in [1.807, 2.05) is 6.92 Å². The Balaban J connectivity index is 2.31. The molecule has 0 radical (unpaired) electrons. The SMILES string of the molecule is C=C(C)COCCNCC(O)c1c(F)cccc1F. The lowest BCUT2D eigenvalue weighted by Gasteiger charge is -2.14. The number of halogens is 2. The van der Waals surface area contributed by atoms with E-state index >= 15 is 0 Å². The van der Waals surface area contributed by atoms with Gasteiger partial charge in [0.2, 0.25) is 0 Å². The van der Waals surface area contributed by atoms with E-state index in [0.717, 1.165) is 17.7 Å². The third-order valence-corrected chi connectivity index (χ3v) is 2.44. The maximum atomic E-state index is 13.4. The van der Waals surface area contributed by atoms with E-state index < -0.39 is 17.7 Å². The fourth-order valence-electron chi connectivity index (χ4n) is 1.56. The Kier molecular flexibility index (Phi) is 6.62. The number of rotatable bonds is 8. The molecule has 2 N–H and O–H groups in total. The van der Waals surface area contributed by atoms with Crippen LogP contribution in [-0.2, 0) is 4.74 Å². The summed E-state index contributed by atoms with van der Waals surface area (Å²) in [5, 5.41) is 12.6. The molecule has 0 fully saturated rings. The maximum absolute atomic E-state index is 13.4. The smallest absolute Gasteiger partial charge is 0.131 e. The van der Waals surface area contributed by atoms with Gasteiger partial charge in [-0.2, -0.15) is 0 Å². The van der Waals surface area contributed by atoms with Crippen molar-refractivity contribution in [3.63, 3.8) is 0 Å². The highest BCUT2D eigenvalue weighted by atomic mass is 19.1. The maximum Gasteiger partial charge on any atom is 0.131 e. The first-order valence-corrected chi connectivity index (χ1v) is 6.07. The lowest BCUT2D eigenvalue weighted by molar-refractivity contribution is 0.140. The van der Waals surface area contributed by atoms with Crippen LogP contribution in [0.5, 0.6) is 0 Å². The van der Waals surface area contributed by atoms with Gasteiger partial charge in [-0.1, -0.05) is 18.2 Å². The van der Waals surface area contributed by atoms with E-state index in [2.05, 4.69) is 11.9 Å². The topological polar surface area (TPSA) is 41.5 Å². The highest BCUT2D eigenvalue weighted by Crippen LogP contribution is 2.19. The van der Waals surface area contributed by atoms with E-state index in [0.29, 0.717) is 19.8 Å². The molecule has 1 aromatic rings. The number of benzene rings is 1. The minimum Gasteiger partial charge on any atom is -0.387 e. The Hall–Kier alpha value is -1.30. The number of hydrogen-bond donors (Lipinski definition) is 2. The molecule has 0 aliphatic carbocycles. The van der Waals surface area contributed by atoms with Crippen LogP contribution in [0.1, 0.15) is 18.6 Å². The second-order valence-electron chi connectivity index (χ2n) is 4.36. The summed E-state index contributed by atoms with van der Waals surface area (Å²) in [7, 11) is 0. The third kappa shape index (κ3) is 5.46. The molecule has 0 aliphatic heterocycles. The van der Waals surface area contributed by atoms with Crippen LogP contribution in [0.15, 0.2) is 30.4 Å². The molecule has 5 heteroatoms. The Bertz CT molecular complexity index is 404. The Morgan fingerprint density at radius 1 is 1.42 bits per heavy atom. The molecule has 106 valence electrons. The molecule has 1 aromatic carbocycles. The van der Waals surface area contributed by atoms with Crippen LogP contribution in [0.2, 0.25) is 0 Å². The van der Waals surface area contributed by atoms with Crippen LogP contribution in [0.3, 0.4) is 0 Å². The predicted octanol–water partition coefficient (Wildman–Crippen LogP) is 2.18. The Labute approximate surface area is 111 Å². The molecule has 1 rings (SSSR count). The first kappa shape index (κ1) is 15.8. The van der Waals surface area contributed by atoms with Crippen molar-refractivity contribution in [1.29, 1.82) is 0 Å². The summed E-state index contributed by atoms with van der Waals surface area (Å²) < 4.78 is 32.0. The van der Waals surface area contributed by atoms with Crippen molar-refractivity contribution in [3.8, 4) is 0 Å². The fraction of sp³-hybridized carbons (Fsp3) is 0.429. The van der Waals surface area contributed by atoms with Gasteiger partial charge in [-0.25, -0.2) is 8.78 Å². The highest BCUT2D eigenvalue weighted by Gasteiger charge is 2.16. The predicted molar refractivity (Wildman–Crippen MR) is 69.8 cm³/mol. The van der Waals surface area contributed by atoms with Crippen molar-refractivity contribution in [2.75, 3.05) is 26.3 Å². The van der Waals surface area contributed by atoms with Crippen molar-refractivity contribution < 1.29 is 18.6 Å². The Morgan fingerprint density at radius 2 is 2.05 bits per heavy atom. The van der Waals surface area contributed by atoms with E-state index in [4.69, 9.17) is 4.74 Å². The number of hydrogen-bond acceptors (Lipinski definition) is 3. The standard InChI is InChI=1S/C14H19F2NO2/c1-10(2)9-19-7-6-17-8-13(18)14-11(15)4-3-5-12(14)16/h3-5,13,17-18H,1,6-9H2,2H3. The largest absolute Gasteiger partial charge is 0.387 e. The van der Waals surface area contributed by atoms with Gasteiger partial charge in [-0.3, -0.25) is 0 Å². The summed E-state index contributed by atoms with van der Waals surface area (Å²) >= 11 is 0. The summed E-state index contributed by atoms with van der Waals surface area (Å²) in [4.78, 5) is 0. The van der Waals surface area contributed by atoms with Gasteiger partial charge in [0.05, 0.1) is 24.9 Å². The van der Waals surface area contributed by atoms with Crippen LogP contribution >= 0.6 is 0 Å². The molecule has 0 spiro atoms. The zero-order valence-electron chi connectivity index (χ0n) is 11.0. The fourth-order valence-corrected chi connectivity index (χ4v) is 1.56. The molecule has 0 amide bonds. The second-order valence-corrected chi connectivity index (χ2v) is 4.36. The first-order chi connectivity index (χ1) is 9.02. The van der Waals surface area contributed by atoms with Gasteiger partial charge in [0.1, 0.15) is 11.6 Å². The van der Waals surface area contributed by atoms with Crippen molar-refractivity contribution >= 4 is 0 Å². The number of aliphatic hydroxyl groups is 1. The van der Waals surface area contributed by atoms with Crippen molar-refractivity contribution in [3.05, 3.63) is 47.5 Å². The molecular formula is C14H19F2NO2. The quantitative estimate of drug-likeness (QED) is 0.562. The molecule has 0 bridgehead atoms. The highest BCUT2D eigenvalue weighted by molar-refractivity contribution is 5.22. The average Bonchev–Trinajstić information content (AvgIpc) is 2.33. The van der Waals surface area contributed by atoms with E-state index in [9.17, 15) is 13.9 Å². The molecule has 19 heavy (non-hydrogen) atoms. The van der Waals surface area contributed by atoms with Crippen LogP contribution in [0.4, 0.5) is 8.78 Å². The monoisotopic (exact) mass is 271 g/mol. The Morgan fingerprint density at radius 3 is 2.63 bits per heavy atom. The van der Waals surface area contributed by atoms with E-state index in [1.54, 1.807) is 0 Å². The minimum absolute atomic E-state index is 0.0638. The van der Waals surface area contributed by atoms with E-state index in [1.165, 1.54) is 6.07 Å². The van der Waals surface area contributed by atoms with Gasteiger partial charge in [0.25, 0.3) is 0 Å². The summed E-state index contributed by atoms with van der Waals surface area (Å²) in [6.07, 6.45) is -1.22. The zero-order valence-corrected chi connectivity index (χ0v) is 11.0.